The number of carbonyl (C=O) groups is 2. The molecule has 0 saturated carbocycles. The highest BCUT2D eigenvalue weighted by Gasteiger charge is 2.30. The average Bonchev–Trinajstić information content (AvgIpc) is 3.30. The van der Waals surface area contributed by atoms with Crippen LogP contribution in [0.1, 0.15) is 39.9 Å². The van der Waals surface area contributed by atoms with Gasteiger partial charge in [-0.1, -0.05) is 25.1 Å². The highest BCUT2D eigenvalue weighted by Crippen LogP contribution is 2.31. The predicted octanol–water partition coefficient (Wildman–Crippen LogP) is 3.68. The third-order valence-electron chi connectivity index (χ3n) is 5.62. The predicted molar refractivity (Wildman–Crippen MR) is 129 cm³/mol. The molecule has 0 unspecified atom stereocenters. The molecular weight excluding hydrogens is 426 g/mol. The van der Waals surface area contributed by atoms with Crippen LogP contribution in [0, 0.1) is 6.92 Å². The largest absolute Gasteiger partial charge is 0.462 e. The molecule has 1 aliphatic rings. The molecule has 0 spiro atoms. The Morgan fingerprint density at radius 3 is 2.47 bits per heavy atom. The highest BCUT2D eigenvalue weighted by atomic mass is 32.1. The van der Waals surface area contributed by atoms with E-state index in [0.29, 0.717) is 31.9 Å². The number of anilines is 1. The van der Waals surface area contributed by atoms with Gasteiger partial charge >= 0.3 is 5.97 Å². The van der Waals surface area contributed by atoms with Gasteiger partial charge in [0.1, 0.15) is 5.56 Å². The van der Waals surface area contributed by atoms with Crippen molar-refractivity contribution in [2.45, 2.75) is 21.3 Å². The van der Waals surface area contributed by atoms with Crippen molar-refractivity contribution in [1.29, 1.82) is 0 Å². The van der Waals surface area contributed by atoms with Gasteiger partial charge < -0.3 is 19.1 Å². The third-order valence-corrected chi connectivity index (χ3v) is 6.48. The smallest absolute Gasteiger partial charge is 0.345 e. The van der Waals surface area contributed by atoms with Crippen molar-refractivity contribution in [2.24, 2.45) is 7.05 Å². The van der Waals surface area contributed by atoms with Crippen molar-refractivity contribution in [2.75, 3.05) is 37.7 Å². The van der Waals surface area contributed by atoms with Crippen molar-refractivity contribution >= 4 is 39.8 Å². The number of fused-ring (bicyclic) bond motifs is 1. The maximum absolute atomic E-state index is 13.1. The molecule has 2 aromatic heterocycles. The number of rotatable bonds is 4. The Hall–Kier alpha value is -3.13. The fourth-order valence-corrected chi connectivity index (χ4v) is 4.74. The second kappa shape index (κ2) is 9.56. The van der Waals surface area contributed by atoms with Gasteiger partial charge in [0, 0.05) is 38.6 Å². The summed E-state index contributed by atoms with van der Waals surface area (Å²) in [5, 5.41) is 2.73. The Kier molecular flexibility index (Phi) is 7.03. The van der Waals surface area contributed by atoms with Crippen LogP contribution in [0.4, 0.5) is 5.69 Å². The normalized spacial score (nSPS) is 13.7. The number of carbonyl (C=O) groups excluding carboxylic acids is 2. The number of amides is 1. The number of esters is 1. The summed E-state index contributed by atoms with van der Waals surface area (Å²) < 4.78 is 6.74. The highest BCUT2D eigenvalue weighted by molar-refractivity contribution is 7.12. The van der Waals surface area contributed by atoms with E-state index < -0.39 is 5.97 Å². The van der Waals surface area contributed by atoms with Gasteiger partial charge in [0.2, 0.25) is 0 Å². The first kappa shape index (κ1) is 23.5. The van der Waals surface area contributed by atoms with Gasteiger partial charge in [-0.2, -0.15) is 0 Å². The molecule has 7 nitrogen and oxygen atoms in total. The van der Waals surface area contributed by atoms with Gasteiger partial charge in [-0.15, -0.1) is 11.3 Å². The lowest BCUT2D eigenvalue weighted by Crippen LogP contribution is -2.49. The van der Waals surface area contributed by atoms with Crippen LogP contribution in [0.2, 0.25) is 0 Å². The summed E-state index contributed by atoms with van der Waals surface area (Å²) in [4.78, 5) is 43.2. The molecule has 8 heteroatoms. The van der Waals surface area contributed by atoms with Crippen LogP contribution in [0.25, 0.3) is 10.9 Å². The second-order valence-electron chi connectivity index (χ2n) is 7.59. The standard InChI is InChI=1S/C23H25N3O4S.CH4/c1-4-30-23(29)19-20(16-14-15(2)7-8-17(16)24(3)22(19)28)25-9-11-26(12-10-25)21(27)18-6-5-13-31-18;/h5-8,13-14H,4,9-12H2,1-3H3;1H4. The van der Waals surface area contributed by atoms with E-state index in [4.69, 9.17) is 4.74 Å². The summed E-state index contributed by atoms with van der Waals surface area (Å²) in [6.07, 6.45) is 0. The molecule has 0 radical (unpaired) electrons. The first-order valence-corrected chi connectivity index (χ1v) is 11.2. The molecular formula is C24H29N3O4S. The summed E-state index contributed by atoms with van der Waals surface area (Å²) in [5.41, 5.74) is 2.08. The first-order chi connectivity index (χ1) is 14.9. The Labute approximate surface area is 191 Å². The molecule has 170 valence electrons. The monoisotopic (exact) mass is 455 g/mol. The summed E-state index contributed by atoms with van der Waals surface area (Å²) in [6.45, 7) is 5.98. The topological polar surface area (TPSA) is 71.8 Å². The molecule has 3 aromatic rings. The van der Waals surface area contributed by atoms with E-state index in [1.54, 1.807) is 14.0 Å². The van der Waals surface area contributed by atoms with Crippen molar-refractivity contribution in [3.8, 4) is 0 Å². The van der Waals surface area contributed by atoms with Gasteiger partial charge in [0.25, 0.3) is 11.5 Å². The summed E-state index contributed by atoms with van der Waals surface area (Å²) in [7, 11) is 1.67. The zero-order valence-corrected chi connectivity index (χ0v) is 18.7. The van der Waals surface area contributed by atoms with E-state index in [1.165, 1.54) is 15.9 Å². The van der Waals surface area contributed by atoms with Crippen LogP contribution < -0.4 is 10.5 Å². The molecule has 1 aliphatic heterocycles. The van der Waals surface area contributed by atoms with Crippen molar-refractivity contribution in [3.63, 3.8) is 0 Å². The third kappa shape index (κ3) is 4.14. The molecule has 1 aromatic carbocycles. The lowest BCUT2D eigenvalue weighted by atomic mass is 10.0. The number of aryl methyl sites for hydroxylation is 2. The van der Waals surface area contributed by atoms with Gasteiger partial charge in [0.15, 0.2) is 0 Å². The van der Waals surface area contributed by atoms with Crippen LogP contribution in [-0.2, 0) is 11.8 Å². The van der Waals surface area contributed by atoms with E-state index in [0.717, 1.165) is 21.3 Å². The molecule has 32 heavy (non-hydrogen) atoms. The fraction of sp³-hybridized carbons (Fsp3) is 0.375. The lowest BCUT2D eigenvalue weighted by Gasteiger charge is -2.37. The van der Waals surface area contributed by atoms with E-state index >= 15 is 0 Å². The minimum Gasteiger partial charge on any atom is -0.462 e. The van der Waals surface area contributed by atoms with E-state index in [-0.39, 0.29) is 31.1 Å². The Balaban J connectivity index is 0.00000289. The van der Waals surface area contributed by atoms with E-state index in [9.17, 15) is 14.4 Å². The van der Waals surface area contributed by atoms with E-state index in [1.807, 2.05) is 52.4 Å². The second-order valence-corrected chi connectivity index (χ2v) is 8.53. The minimum absolute atomic E-state index is 0. The van der Waals surface area contributed by atoms with Gasteiger partial charge in [0.05, 0.1) is 22.7 Å². The molecule has 1 amide bonds. The number of hydrogen-bond acceptors (Lipinski definition) is 6. The maximum Gasteiger partial charge on any atom is 0.345 e. The minimum atomic E-state index is -0.612. The van der Waals surface area contributed by atoms with Crippen molar-refractivity contribution in [3.05, 3.63) is 62.1 Å². The van der Waals surface area contributed by atoms with Crippen molar-refractivity contribution < 1.29 is 14.3 Å². The number of thiophene rings is 1. The van der Waals surface area contributed by atoms with E-state index in [2.05, 4.69) is 0 Å². The number of pyridine rings is 1. The number of benzene rings is 1. The summed E-state index contributed by atoms with van der Waals surface area (Å²) >= 11 is 1.43. The zero-order valence-electron chi connectivity index (χ0n) is 17.9. The average molecular weight is 456 g/mol. The maximum atomic E-state index is 13.1. The Morgan fingerprint density at radius 2 is 1.84 bits per heavy atom. The van der Waals surface area contributed by atoms with Crippen LogP contribution >= 0.6 is 11.3 Å². The number of hydrogen-bond donors (Lipinski definition) is 0. The van der Waals surface area contributed by atoms with Crippen molar-refractivity contribution in [1.82, 2.24) is 9.47 Å². The molecule has 4 rings (SSSR count). The van der Waals surface area contributed by atoms with Crippen LogP contribution in [0.3, 0.4) is 0 Å². The van der Waals surface area contributed by atoms with Gasteiger partial charge in [-0.3, -0.25) is 9.59 Å². The van der Waals surface area contributed by atoms with Crippen LogP contribution in [-0.4, -0.2) is 54.1 Å². The lowest BCUT2D eigenvalue weighted by molar-refractivity contribution is 0.0523. The molecule has 0 aliphatic carbocycles. The SMILES string of the molecule is C.CCOC(=O)c1c(N2CCN(C(=O)c3cccs3)CC2)c2cc(C)ccc2n(C)c1=O. The van der Waals surface area contributed by atoms with Crippen LogP contribution in [0.15, 0.2) is 40.5 Å². The van der Waals surface area contributed by atoms with Crippen LogP contribution in [0.5, 0.6) is 0 Å². The van der Waals surface area contributed by atoms with Gasteiger partial charge in [-0.05, 0) is 37.4 Å². The number of ether oxygens (including phenoxy) is 1. The number of piperazine rings is 1. The Bertz CT molecular complexity index is 1190. The zero-order chi connectivity index (χ0) is 22.1. The first-order valence-electron chi connectivity index (χ1n) is 10.3. The molecule has 3 heterocycles. The summed E-state index contributed by atoms with van der Waals surface area (Å²) in [5.74, 6) is -0.594. The molecule has 0 atom stereocenters. The molecule has 1 fully saturated rings. The Morgan fingerprint density at radius 1 is 1.12 bits per heavy atom. The van der Waals surface area contributed by atoms with Gasteiger partial charge in [-0.25, -0.2) is 4.79 Å². The molecule has 0 bridgehead atoms. The fourth-order valence-electron chi connectivity index (χ4n) is 4.05. The number of nitrogens with zero attached hydrogens (tertiary/aromatic N) is 3. The quantitative estimate of drug-likeness (QED) is 0.561. The molecule has 0 N–H and O–H groups in total. The molecule has 1 saturated heterocycles. The summed E-state index contributed by atoms with van der Waals surface area (Å²) in [6, 6.07) is 9.55. The number of aromatic nitrogens is 1.